The summed E-state index contributed by atoms with van der Waals surface area (Å²) >= 11 is 0. The predicted molar refractivity (Wildman–Crippen MR) is 119 cm³/mol. The van der Waals surface area contributed by atoms with Gasteiger partial charge in [-0.05, 0) is 43.7 Å². The number of hydrogen-bond donors (Lipinski definition) is 0. The molecule has 0 N–H and O–H groups in total. The highest BCUT2D eigenvalue weighted by atomic mass is 16.6. The number of hydrazone groups is 1. The van der Waals surface area contributed by atoms with Gasteiger partial charge < -0.3 is 14.2 Å². The molecular formula is C26H24N2O3. The number of benzene rings is 3. The first-order valence-electron chi connectivity index (χ1n) is 10.8. The van der Waals surface area contributed by atoms with Crippen molar-refractivity contribution in [3.05, 3.63) is 88.5 Å². The van der Waals surface area contributed by atoms with Gasteiger partial charge in [-0.25, -0.2) is 5.01 Å². The molecule has 3 aromatic carbocycles. The van der Waals surface area contributed by atoms with Crippen molar-refractivity contribution < 1.29 is 14.2 Å². The van der Waals surface area contributed by atoms with Gasteiger partial charge >= 0.3 is 0 Å². The van der Waals surface area contributed by atoms with Crippen molar-refractivity contribution in [3.63, 3.8) is 0 Å². The van der Waals surface area contributed by atoms with Crippen LogP contribution in [-0.4, -0.2) is 23.9 Å². The molecule has 3 heterocycles. The molecule has 5 heteroatoms. The van der Waals surface area contributed by atoms with Crippen LogP contribution in [0.3, 0.4) is 0 Å². The van der Waals surface area contributed by atoms with Crippen molar-refractivity contribution in [3.8, 4) is 17.2 Å². The average Bonchev–Trinajstić information content (AvgIpc) is 3.26. The zero-order chi connectivity index (χ0) is 20.9. The molecule has 0 spiro atoms. The third kappa shape index (κ3) is 3.03. The van der Waals surface area contributed by atoms with Crippen LogP contribution in [0, 0.1) is 13.8 Å². The number of ether oxygens (including phenoxy) is 3. The Morgan fingerprint density at radius 2 is 1.68 bits per heavy atom. The highest BCUT2D eigenvalue weighted by Gasteiger charge is 2.41. The molecule has 2 atom stereocenters. The Morgan fingerprint density at radius 1 is 0.839 bits per heavy atom. The van der Waals surface area contributed by atoms with Crippen LogP contribution in [0.4, 0.5) is 0 Å². The van der Waals surface area contributed by atoms with Gasteiger partial charge in [0.15, 0.2) is 11.5 Å². The number of nitrogens with zero attached hydrogens (tertiary/aromatic N) is 2. The molecule has 0 radical (unpaired) electrons. The monoisotopic (exact) mass is 412 g/mol. The summed E-state index contributed by atoms with van der Waals surface area (Å²) in [6.07, 6.45) is 0.566. The Morgan fingerprint density at radius 3 is 2.58 bits per heavy atom. The van der Waals surface area contributed by atoms with E-state index in [1.165, 1.54) is 16.7 Å². The van der Waals surface area contributed by atoms with Crippen molar-refractivity contribution in [1.82, 2.24) is 5.01 Å². The van der Waals surface area contributed by atoms with Crippen LogP contribution in [0.25, 0.3) is 0 Å². The summed E-state index contributed by atoms with van der Waals surface area (Å²) in [5.41, 5.74) is 6.87. The predicted octanol–water partition coefficient (Wildman–Crippen LogP) is 5.32. The molecule has 3 aliphatic heterocycles. The van der Waals surface area contributed by atoms with Gasteiger partial charge in [0, 0.05) is 23.1 Å². The minimum atomic E-state index is -0.255. The standard InChI is InChI=1S/C26H24N2O3/c1-16-7-8-17(2)20(13-16)26-28-22(19-5-3-4-6-23(19)31-26)15-21(27-28)18-9-10-24-25(14-18)30-12-11-29-24/h3-10,13-14,22,26H,11-12,15H2,1-2H3. The highest BCUT2D eigenvalue weighted by Crippen LogP contribution is 2.48. The van der Waals surface area contributed by atoms with E-state index in [0.717, 1.165) is 40.5 Å². The maximum absolute atomic E-state index is 6.52. The first kappa shape index (κ1) is 18.3. The molecule has 2 unspecified atom stereocenters. The summed E-state index contributed by atoms with van der Waals surface area (Å²) in [7, 11) is 0. The van der Waals surface area contributed by atoms with Crippen LogP contribution >= 0.6 is 0 Å². The first-order valence-corrected chi connectivity index (χ1v) is 10.8. The minimum absolute atomic E-state index is 0.137. The van der Waals surface area contributed by atoms with E-state index in [2.05, 4.69) is 61.3 Å². The van der Waals surface area contributed by atoms with Crippen LogP contribution in [0.2, 0.25) is 0 Å². The second-order valence-corrected chi connectivity index (χ2v) is 8.37. The number of rotatable bonds is 2. The van der Waals surface area contributed by atoms with Gasteiger partial charge in [0.2, 0.25) is 6.23 Å². The van der Waals surface area contributed by atoms with Gasteiger partial charge in [0.05, 0.1) is 11.8 Å². The van der Waals surface area contributed by atoms with Crippen molar-refractivity contribution >= 4 is 5.71 Å². The fraction of sp³-hybridized carbons (Fsp3) is 0.269. The third-order valence-electron chi connectivity index (χ3n) is 6.28. The molecule has 5 nitrogen and oxygen atoms in total. The van der Waals surface area contributed by atoms with Crippen LogP contribution in [0.1, 0.15) is 46.5 Å². The number of aryl methyl sites for hydroxylation is 2. The first-order chi connectivity index (χ1) is 15.2. The molecule has 6 rings (SSSR count). The lowest BCUT2D eigenvalue weighted by Crippen LogP contribution is -2.34. The number of fused-ring (bicyclic) bond motifs is 4. The Bertz CT molecular complexity index is 1200. The quantitative estimate of drug-likeness (QED) is 0.572. The molecule has 31 heavy (non-hydrogen) atoms. The normalized spacial score (nSPS) is 21.1. The van der Waals surface area contributed by atoms with E-state index < -0.39 is 0 Å². The van der Waals surface area contributed by atoms with Crippen LogP contribution in [0.5, 0.6) is 17.2 Å². The summed E-state index contributed by atoms with van der Waals surface area (Å²) in [5.74, 6) is 2.53. The van der Waals surface area contributed by atoms with E-state index in [1.807, 2.05) is 18.2 Å². The topological polar surface area (TPSA) is 43.3 Å². The van der Waals surface area contributed by atoms with Gasteiger partial charge in [-0.15, -0.1) is 0 Å². The fourth-order valence-corrected chi connectivity index (χ4v) is 4.66. The van der Waals surface area contributed by atoms with Crippen LogP contribution in [0.15, 0.2) is 65.8 Å². The lowest BCUT2D eigenvalue weighted by atomic mass is 9.95. The van der Waals surface area contributed by atoms with Crippen molar-refractivity contribution in [2.24, 2.45) is 5.10 Å². The fourth-order valence-electron chi connectivity index (χ4n) is 4.66. The Kier molecular flexibility index (Phi) is 4.16. The van der Waals surface area contributed by atoms with E-state index in [9.17, 15) is 0 Å². The molecule has 3 aliphatic rings. The van der Waals surface area contributed by atoms with Gasteiger partial charge in [-0.1, -0.05) is 42.0 Å². The van der Waals surface area contributed by atoms with E-state index >= 15 is 0 Å². The Balaban J connectivity index is 1.44. The number of para-hydroxylation sites is 1. The maximum Gasteiger partial charge on any atom is 0.214 e. The van der Waals surface area contributed by atoms with Gasteiger partial charge in [0.1, 0.15) is 19.0 Å². The molecule has 0 bridgehead atoms. The molecule has 0 saturated heterocycles. The summed E-state index contributed by atoms with van der Waals surface area (Å²) in [4.78, 5) is 0. The van der Waals surface area contributed by atoms with E-state index in [0.29, 0.717) is 13.2 Å². The number of hydrogen-bond acceptors (Lipinski definition) is 5. The Labute approximate surface area is 181 Å². The van der Waals surface area contributed by atoms with Gasteiger partial charge in [-0.3, -0.25) is 0 Å². The van der Waals surface area contributed by atoms with E-state index in [4.69, 9.17) is 19.3 Å². The zero-order valence-corrected chi connectivity index (χ0v) is 17.7. The van der Waals surface area contributed by atoms with Crippen LogP contribution < -0.4 is 14.2 Å². The van der Waals surface area contributed by atoms with E-state index in [-0.39, 0.29) is 12.3 Å². The van der Waals surface area contributed by atoms with Crippen molar-refractivity contribution in [2.45, 2.75) is 32.5 Å². The molecule has 0 amide bonds. The SMILES string of the molecule is Cc1ccc(C)c(C2Oc3ccccc3C3CC(c4ccc5c(c4)OCCO5)=NN32)c1. The maximum atomic E-state index is 6.52. The molecule has 3 aromatic rings. The highest BCUT2D eigenvalue weighted by molar-refractivity contribution is 6.02. The molecule has 156 valence electrons. The second kappa shape index (κ2) is 7.05. The van der Waals surface area contributed by atoms with Crippen molar-refractivity contribution in [1.29, 1.82) is 0 Å². The van der Waals surface area contributed by atoms with Crippen LogP contribution in [-0.2, 0) is 0 Å². The van der Waals surface area contributed by atoms with Gasteiger partial charge in [0.25, 0.3) is 0 Å². The molecule has 0 fully saturated rings. The summed E-state index contributed by atoms with van der Waals surface area (Å²) in [6, 6.07) is 21.1. The minimum Gasteiger partial charge on any atom is -0.486 e. The molecule has 0 saturated carbocycles. The molecular weight excluding hydrogens is 388 g/mol. The molecule has 0 aromatic heterocycles. The lowest BCUT2D eigenvalue weighted by molar-refractivity contribution is -0.0194. The average molecular weight is 412 g/mol. The zero-order valence-electron chi connectivity index (χ0n) is 17.7. The smallest absolute Gasteiger partial charge is 0.214 e. The lowest BCUT2D eigenvalue weighted by Gasteiger charge is -2.38. The molecule has 0 aliphatic carbocycles. The second-order valence-electron chi connectivity index (χ2n) is 8.37. The third-order valence-corrected chi connectivity index (χ3v) is 6.28. The summed E-state index contributed by atoms with van der Waals surface area (Å²) in [6.45, 7) is 5.42. The summed E-state index contributed by atoms with van der Waals surface area (Å²) in [5, 5.41) is 7.22. The largest absolute Gasteiger partial charge is 0.486 e. The van der Waals surface area contributed by atoms with Gasteiger partial charge in [-0.2, -0.15) is 5.10 Å². The summed E-state index contributed by atoms with van der Waals surface area (Å²) < 4.78 is 18.0. The Hall–Kier alpha value is -3.47. The van der Waals surface area contributed by atoms with E-state index in [1.54, 1.807) is 0 Å². The van der Waals surface area contributed by atoms with Crippen molar-refractivity contribution in [2.75, 3.05) is 13.2 Å².